The molecular formula is C22H24N2O7. The number of ether oxygens (including phenoxy) is 3. The third-order valence-electron chi connectivity index (χ3n) is 3.96. The molecule has 9 nitrogen and oxygen atoms in total. The van der Waals surface area contributed by atoms with Crippen LogP contribution in [-0.4, -0.2) is 36.4 Å². The van der Waals surface area contributed by atoms with E-state index in [0.29, 0.717) is 5.56 Å². The molecule has 0 aliphatic carbocycles. The van der Waals surface area contributed by atoms with Crippen LogP contribution in [0, 0.1) is 0 Å². The van der Waals surface area contributed by atoms with Gasteiger partial charge in [-0.15, -0.1) is 0 Å². The standard InChI is InChI=1S/C22H24N2O7/c1-14(25)30-19-9-8-17(11-20(19)31-15(2)26)10-18(23)22(28)24-12-21(27)29-13-16-6-4-3-5-7-16/h3-9,11,18H,10,12-13,23H2,1-2H3,(H,24,28)/t18-/m0/s1. The summed E-state index contributed by atoms with van der Waals surface area (Å²) < 4.78 is 15.1. The van der Waals surface area contributed by atoms with Crippen molar-refractivity contribution in [3.63, 3.8) is 0 Å². The second-order valence-corrected chi connectivity index (χ2v) is 6.64. The minimum atomic E-state index is -0.966. The van der Waals surface area contributed by atoms with Crippen LogP contribution in [0.25, 0.3) is 0 Å². The van der Waals surface area contributed by atoms with Gasteiger partial charge >= 0.3 is 17.9 Å². The third kappa shape index (κ3) is 8.27. The van der Waals surface area contributed by atoms with Gasteiger partial charge in [-0.2, -0.15) is 0 Å². The number of hydrogen-bond donors (Lipinski definition) is 2. The summed E-state index contributed by atoms with van der Waals surface area (Å²) in [6, 6.07) is 12.7. The molecule has 0 heterocycles. The van der Waals surface area contributed by atoms with E-state index in [1.54, 1.807) is 6.07 Å². The van der Waals surface area contributed by atoms with Crippen molar-refractivity contribution in [3.8, 4) is 11.5 Å². The lowest BCUT2D eigenvalue weighted by Gasteiger charge is -2.14. The Morgan fingerprint density at radius 1 is 0.903 bits per heavy atom. The molecule has 31 heavy (non-hydrogen) atoms. The van der Waals surface area contributed by atoms with E-state index in [-0.39, 0.29) is 31.1 Å². The maximum absolute atomic E-state index is 12.2. The maximum Gasteiger partial charge on any atom is 0.325 e. The largest absolute Gasteiger partial charge is 0.460 e. The fourth-order valence-corrected chi connectivity index (χ4v) is 2.58. The predicted molar refractivity (Wildman–Crippen MR) is 110 cm³/mol. The van der Waals surface area contributed by atoms with E-state index in [4.69, 9.17) is 19.9 Å². The molecule has 0 aromatic heterocycles. The molecule has 2 aromatic rings. The average Bonchev–Trinajstić information content (AvgIpc) is 2.72. The molecule has 9 heteroatoms. The highest BCUT2D eigenvalue weighted by Crippen LogP contribution is 2.29. The molecule has 0 fully saturated rings. The molecule has 0 bridgehead atoms. The summed E-state index contributed by atoms with van der Waals surface area (Å²) in [5.41, 5.74) is 7.32. The second-order valence-electron chi connectivity index (χ2n) is 6.64. The Kier molecular flexibility index (Phi) is 8.71. The van der Waals surface area contributed by atoms with Gasteiger partial charge in [0.1, 0.15) is 13.2 Å². The highest BCUT2D eigenvalue weighted by Gasteiger charge is 2.18. The van der Waals surface area contributed by atoms with Gasteiger partial charge in [-0.1, -0.05) is 36.4 Å². The third-order valence-corrected chi connectivity index (χ3v) is 3.96. The fraction of sp³-hybridized carbons (Fsp3) is 0.273. The molecule has 2 aromatic carbocycles. The average molecular weight is 428 g/mol. The number of rotatable bonds is 9. The number of carbonyl (C=O) groups excluding carboxylic acids is 4. The van der Waals surface area contributed by atoms with Crippen LogP contribution >= 0.6 is 0 Å². The van der Waals surface area contributed by atoms with Crippen LogP contribution in [-0.2, 0) is 36.9 Å². The van der Waals surface area contributed by atoms with E-state index in [1.165, 1.54) is 26.0 Å². The normalized spacial score (nSPS) is 11.2. The van der Waals surface area contributed by atoms with E-state index >= 15 is 0 Å². The van der Waals surface area contributed by atoms with Crippen LogP contribution < -0.4 is 20.5 Å². The molecule has 0 saturated carbocycles. The number of esters is 3. The molecule has 0 unspecified atom stereocenters. The summed E-state index contributed by atoms with van der Waals surface area (Å²) in [5.74, 6) is -2.19. The van der Waals surface area contributed by atoms with Gasteiger partial charge in [0.25, 0.3) is 0 Å². The van der Waals surface area contributed by atoms with Crippen LogP contribution in [0.1, 0.15) is 25.0 Å². The summed E-state index contributed by atoms with van der Waals surface area (Å²) >= 11 is 0. The highest BCUT2D eigenvalue weighted by atomic mass is 16.6. The van der Waals surface area contributed by atoms with Crippen molar-refractivity contribution in [1.29, 1.82) is 0 Å². The Morgan fingerprint density at radius 2 is 1.55 bits per heavy atom. The van der Waals surface area contributed by atoms with E-state index in [2.05, 4.69) is 5.32 Å². The van der Waals surface area contributed by atoms with Gasteiger partial charge in [0.2, 0.25) is 5.91 Å². The number of amides is 1. The first-order valence-corrected chi connectivity index (χ1v) is 9.47. The van der Waals surface area contributed by atoms with Gasteiger partial charge in [-0.05, 0) is 29.7 Å². The maximum atomic E-state index is 12.2. The Labute approximate surface area is 179 Å². The highest BCUT2D eigenvalue weighted by molar-refractivity contribution is 5.85. The molecule has 0 spiro atoms. The van der Waals surface area contributed by atoms with Gasteiger partial charge < -0.3 is 25.3 Å². The first-order valence-electron chi connectivity index (χ1n) is 9.47. The summed E-state index contributed by atoms with van der Waals surface area (Å²) in [5, 5.41) is 2.43. The molecule has 2 rings (SSSR count). The monoisotopic (exact) mass is 428 g/mol. The lowest BCUT2D eigenvalue weighted by molar-refractivity contribution is -0.145. The Bertz CT molecular complexity index is 944. The topological polar surface area (TPSA) is 134 Å². The van der Waals surface area contributed by atoms with Gasteiger partial charge in [0.05, 0.1) is 6.04 Å². The molecule has 0 saturated heterocycles. The first-order chi connectivity index (χ1) is 14.7. The summed E-state index contributed by atoms with van der Waals surface area (Å²) in [6.07, 6.45) is 0.0967. The Balaban J connectivity index is 1.88. The molecule has 0 aliphatic heterocycles. The Hall–Kier alpha value is -3.72. The van der Waals surface area contributed by atoms with E-state index < -0.39 is 29.9 Å². The molecule has 0 radical (unpaired) electrons. The smallest absolute Gasteiger partial charge is 0.325 e. The van der Waals surface area contributed by atoms with Crippen molar-refractivity contribution in [2.45, 2.75) is 32.9 Å². The SMILES string of the molecule is CC(=O)Oc1ccc(C[C@H](N)C(=O)NCC(=O)OCc2ccccc2)cc1OC(C)=O. The van der Waals surface area contributed by atoms with Crippen molar-refractivity contribution in [2.24, 2.45) is 5.73 Å². The fourth-order valence-electron chi connectivity index (χ4n) is 2.58. The summed E-state index contributed by atoms with van der Waals surface area (Å²) in [6.45, 7) is 2.22. The van der Waals surface area contributed by atoms with Gasteiger partial charge in [-0.25, -0.2) is 0 Å². The van der Waals surface area contributed by atoms with Crippen molar-refractivity contribution < 1.29 is 33.4 Å². The van der Waals surface area contributed by atoms with Gasteiger partial charge in [0, 0.05) is 13.8 Å². The lowest BCUT2D eigenvalue weighted by Crippen LogP contribution is -2.44. The van der Waals surface area contributed by atoms with Crippen molar-refractivity contribution in [1.82, 2.24) is 5.32 Å². The molecule has 1 atom stereocenters. The van der Waals surface area contributed by atoms with Gasteiger partial charge in [0.15, 0.2) is 11.5 Å². The van der Waals surface area contributed by atoms with Crippen molar-refractivity contribution in [3.05, 3.63) is 59.7 Å². The number of hydrogen-bond acceptors (Lipinski definition) is 8. The minimum absolute atomic E-state index is 0.0392. The number of nitrogens with two attached hydrogens (primary N) is 1. The van der Waals surface area contributed by atoms with Crippen molar-refractivity contribution in [2.75, 3.05) is 6.54 Å². The molecule has 164 valence electrons. The van der Waals surface area contributed by atoms with Crippen LogP contribution in [0.3, 0.4) is 0 Å². The zero-order valence-corrected chi connectivity index (χ0v) is 17.3. The van der Waals surface area contributed by atoms with E-state index in [0.717, 1.165) is 5.56 Å². The van der Waals surface area contributed by atoms with Crippen molar-refractivity contribution >= 4 is 23.8 Å². The Morgan fingerprint density at radius 3 is 2.19 bits per heavy atom. The van der Waals surface area contributed by atoms with E-state index in [1.807, 2.05) is 30.3 Å². The van der Waals surface area contributed by atoms with Crippen LogP contribution in [0.15, 0.2) is 48.5 Å². The van der Waals surface area contributed by atoms with Crippen LogP contribution in [0.5, 0.6) is 11.5 Å². The second kappa shape index (κ2) is 11.5. The van der Waals surface area contributed by atoms with Crippen LogP contribution in [0.2, 0.25) is 0 Å². The predicted octanol–water partition coefficient (Wildman–Crippen LogP) is 1.27. The first kappa shape index (κ1) is 23.6. The van der Waals surface area contributed by atoms with E-state index in [9.17, 15) is 19.2 Å². The molecule has 0 aliphatic rings. The summed E-state index contributed by atoms with van der Waals surface area (Å²) in [4.78, 5) is 46.5. The molecule has 3 N–H and O–H groups in total. The zero-order chi connectivity index (χ0) is 22.8. The number of benzene rings is 2. The zero-order valence-electron chi connectivity index (χ0n) is 17.3. The quantitative estimate of drug-likeness (QED) is 0.450. The number of nitrogens with one attached hydrogen (secondary N) is 1. The molecule has 1 amide bonds. The minimum Gasteiger partial charge on any atom is -0.460 e. The van der Waals surface area contributed by atoms with Crippen LogP contribution in [0.4, 0.5) is 0 Å². The van der Waals surface area contributed by atoms with Gasteiger partial charge in [-0.3, -0.25) is 19.2 Å². The lowest BCUT2D eigenvalue weighted by atomic mass is 10.1. The number of carbonyl (C=O) groups is 4. The summed E-state index contributed by atoms with van der Waals surface area (Å²) in [7, 11) is 0. The molecular weight excluding hydrogens is 404 g/mol.